The molecule has 1 aliphatic carbocycles. The molecule has 0 unspecified atom stereocenters. The van der Waals surface area contributed by atoms with E-state index in [1.165, 1.54) is 5.57 Å². The average Bonchev–Trinajstić information content (AvgIpc) is 2.63. The molecule has 76 valence electrons. The van der Waals surface area contributed by atoms with Gasteiger partial charge in [0.2, 0.25) is 0 Å². The van der Waals surface area contributed by atoms with Gasteiger partial charge in [0.25, 0.3) is 0 Å². The fourth-order valence-corrected chi connectivity index (χ4v) is 0.693. The van der Waals surface area contributed by atoms with E-state index in [0.717, 1.165) is 12.8 Å². The molecule has 0 N–H and O–H groups in total. The summed E-state index contributed by atoms with van der Waals surface area (Å²) in [6.07, 6.45) is 9.65. The van der Waals surface area contributed by atoms with Crippen LogP contribution in [0.2, 0.25) is 0 Å². The van der Waals surface area contributed by atoms with Gasteiger partial charge in [-0.15, -0.1) is 6.42 Å². The molecule has 0 aliphatic heterocycles. The summed E-state index contributed by atoms with van der Waals surface area (Å²) in [6.45, 7) is 6.15. The van der Waals surface area contributed by atoms with Crippen LogP contribution in [0.1, 0.15) is 19.8 Å². The molecule has 13 heavy (non-hydrogen) atoms. The number of hydrogen-bond acceptors (Lipinski definition) is 2. The van der Waals surface area contributed by atoms with Crippen molar-refractivity contribution in [3.05, 3.63) is 31.2 Å². The first kappa shape index (κ1) is 22.8. The maximum absolute atomic E-state index is 8.00. The van der Waals surface area contributed by atoms with E-state index in [9.17, 15) is 0 Å². The Morgan fingerprint density at radius 2 is 1.85 bits per heavy atom. The van der Waals surface area contributed by atoms with Crippen LogP contribution in [0.4, 0.5) is 0 Å². The zero-order chi connectivity index (χ0) is 9.11. The SMILES string of the molecule is C=O.C=O.CCC1=[C-]CC=C1.[CH3-].[Fe+2]. The van der Waals surface area contributed by atoms with Gasteiger partial charge in [0, 0.05) is 0 Å². The van der Waals surface area contributed by atoms with E-state index in [4.69, 9.17) is 9.59 Å². The second kappa shape index (κ2) is 22.5. The Labute approximate surface area is 91.6 Å². The van der Waals surface area contributed by atoms with Crippen molar-refractivity contribution in [3.63, 3.8) is 0 Å². The summed E-state index contributed by atoms with van der Waals surface area (Å²) < 4.78 is 0. The van der Waals surface area contributed by atoms with Gasteiger partial charge in [-0.1, -0.05) is 13.3 Å². The quantitative estimate of drug-likeness (QED) is 0.505. The number of rotatable bonds is 1. The summed E-state index contributed by atoms with van der Waals surface area (Å²) in [5.41, 5.74) is 1.36. The fraction of sp³-hybridized carbons (Fsp3) is 0.300. The third-order valence-electron chi connectivity index (χ3n) is 1.15. The molecular formula is C10H16FeO2. The van der Waals surface area contributed by atoms with Crippen LogP contribution in [0.5, 0.6) is 0 Å². The minimum atomic E-state index is 0. The molecule has 0 aromatic rings. The topological polar surface area (TPSA) is 34.1 Å². The Balaban J connectivity index is -0.0000000607. The maximum Gasteiger partial charge on any atom is 2.00 e. The van der Waals surface area contributed by atoms with Gasteiger partial charge < -0.3 is 17.0 Å². The Bertz CT molecular complexity index is 140. The van der Waals surface area contributed by atoms with Crippen LogP contribution < -0.4 is 0 Å². The van der Waals surface area contributed by atoms with Crippen LogP contribution in [0.15, 0.2) is 17.7 Å². The van der Waals surface area contributed by atoms with Crippen LogP contribution in [0, 0.1) is 13.5 Å². The number of carbonyl (C=O) groups is 2. The monoisotopic (exact) mass is 224 g/mol. The van der Waals surface area contributed by atoms with Crippen LogP contribution in [0.3, 0.4) is 0 Å². The van der Waals surface area contributed by atoms with E-state index in [1.54, 1.807) is 0 Å². The van der Waals surface area contributed by atoms with Gasteiger partial charge >= 0.3 is 17.1 Å². The molecule has 3 heteroatoms. The second-order valence-corrected chi connectivity index (χ2v) is 1.66. The predicted octanol–water partition coefficient (Wildman–Crippen LogP) is 2.16. The molecule has 0 saturated heterocycles. The third-order valence-corrected chi connectivity index (χ3v) is 1.15. The fourth-order valence-electron chi connectivity index (χ4n) is 0.693. The number of carbonyl (C=O) groups excluding carboxylic acids is 2. The Morgan fingerprint density at radius 3 is 2.00 bits per heavy atom. The van der Waals surface area contributed by atoms with Gasteiger partial charge in [0.05, 0.1) is 0 Å². The minimum absolute atomic E-state index is 0. The Kier molecular flexibility index (Phi) is 39.5. The van der Waals surface area contributed by atoms with E-state index in [0.29, 0.717) is 0 Å². The van der Waals surface area contributed by atoms with Crippen molar-refractivity contribution in [1.82, 2.24) is 0 Å². The van der Waals surface area contributed by atoms with E-state index in [1.807, 2.05) is 13.6 Å². The summed E-state index contributed by atoms with van der Waals surface area (Å²) in [5, 5.41) is 0. The Hall–Kier alpha value is -0.661. The largest absolute Gasteiger partial charge is 2.00 e. The summed E-state index contributed by atoms with van der Waals surface area (Å²) >= 11 is 0. The van der Waals surface area contributed by atoms with E-state index in [2.05, 4.69) is 25.2 Å². The second-order valence-electron chi connectivity index (χ2n) is 1.66. The summed E-state index contributed by atoms with van der Waals surface area (Å²) in [7, 11) is 0. The van der Waals surface area contributed by atoms with Crippen molar-refractivity contribution >= 4 is 13.6 Å². The number of allylic oxidation sites excluding steroid dienone is 4. The summed E-state index contributed by atoms with van der Waals surface area (Å²) in [5.74, 6) is 0. The molecule has 0 fully saturated rings. The van der Waals surface area contributed by atoms with Crippen molar-refractivity contribution in [1.29, 1.82) is 0 Å². The van der Waals surface area contributed by atoms with Gasteiger partial charge in [-0.05, 0) is 0 Å². The first-order chi connectivity index (χ1) is 5.43. The first-order valence-corrected chi connectivity index (χ1v) is 3.27. The zero-order valence-electron chi connectivity index (χ0n) is 8.15. The molecule has 0 atom stereocenters. The van der Waals surface area contributed by atoms with Crippen LogP contribution in [0.25, 0.3) is 0 Å². The number of hydrogen-bond donors (Lipinski definition) is 0. The van der Waals surface area contributed by atoms with E-state index in [-0.39, 0.29) is 24.5 Å². The molecule has 2 nitrogen and oxygen atoms in total. The molecule has 0 spiro atoms. The minimum Gasteiger partial charge on any atom is -0.358 e. The molecule has 0 saturated carbocycles. The molecule has 0 radical (unpaired) electrons. The van der Waals surface area contributed by atoms with Crippen molar-refractivity contribution in [3.8, 4) is 0 Å². The normalized spacial score (nSPS) is 10.1. The van der Waals surface area contributed by atoms with Crippen molar-refractivity contribution in [2.45, 2.75) is 19.8 Å². The first-order valence-electron chi connectivity index (χ1n) is 3.27. The molecule has 0 bridgehead atoms. The maximum atomic E-state index is 8.00. The van der Waals surface area contributed by atoms with E-state index >= 15 is 0 Å². The van der Waals surface area contributed by atoms with Gasteiger partial charge in [-0.2, -0.15) is 6.08 Å². The van der Waals surface area contributed by atoms with E-state index < -0.39 is 0 Å². The van der Waals surface area contributed by atoms with Gasteiger partial charge in [0.15, 0.2) is 0 Å². The molecule has 1 aliphatic rings. The van der Waals surface area contributed by atoms with Crippen molar-refractivity contribution < 1.29 is 26.7 Å². The molecule has 0 amide bonds. The van der Waals surface area contributed by atoms with Crippen LogP contribution >= 0.6 is 0 Å². The van der Waals surface area contributed by atoms with Gasteiger partial charge in [-0.25, -0.2) is 11.6 Å². The smallest absolute Gasteiger partial charge is 0.358 e. The Morgan fingerprint density at radius 1 is 1.38 bits per heavy atom. The summed E-state index contributed by atoms with van der Waals surface area (Å²) in [4.78, 5) is 16.0. The van der Waals surface area contributed by atoms with Crippen molar-refractivity contribution in [2.75, 3.05) is 0 Å². The predicted molar refractivity (Wildman–Crippen MR) is 51.5 cm³/mol. The van der Waals surface area contributed by atoms with Crippen molar-refractivity contribution in [2.24, 2.45) is 0 Å². The summed E-state index contributed by atoms with van der Waals surface area (Å²) in [6, 6.07) is 0. The van der Waals surface area contributed by atoms with Gasteiger partial charge in [0.1, 0.15) is 13.6 Å². The van der Waals surface area contributed by atoms with Crippen LogP contribution in [-0.4, -0.2) is 13.6 Å². The molecule has 0 aromatic carbocycles. The zero-order valence-corrected chi connectivity index (χ0v) is 9.26. The van der Waals surface area contributed by atoms with Gasteiger partial charge in [-0.3, -0.25) is 6.08 Å². The molecular weight excluding hydrogens is 208 g/mol. The average molecular weight is 224 g/mol. The molecule has 0 heterocycles. The molecule has 1 rings (SSSR count). The molecule has 0 aromatic heterocycles. The third kappa shape index (κ3) is 14.2. The van der Waals surface area contributed by atoms with Crippen LogP contribution in [-0.2, 0) is 26.7 Å². The standard InChI is InChI=1S/C7H9.2CH2O.CH3.Fe/c1-2-7-5-3-4-6-7;2*1-2;;/h3,5H,2,4H2,1H3;2*1H2;1H3;/q-1;;;-1;+2.